The minimum absolute atomic E-state index is 0.193. The molecular weight excluding hydrogens is 344 g/mol. The predicted molar refractivity (Wildman–Crippen MR) is 87.9 cm³/mol. The Balaban J connectivity index is 1.51. The van der Waals surface area contributed by atoms with E-state index < -0.39 is 17.2 Å². The van der Waals surface area contributed by atoms with Gasteiger partial charge in [-0.2, -0.15) is 0 Å². The second kappa shape index (κ2) is 6.43. The molecule has 0 spiro atoms. The summed E-state index contributed by atoms with van der Waals surface area (Å²) in [5.41, 5.74) is -1.07. The molecule has 134 valence electrons. The zero-order valence-electron chi connectivity index (χ0n) is 13.5. The first kappa shape index (κ1) is 16.0. The number of amides is 1. The number of nitrogens with one attached hydrogen (secondary N) is 2. The summed E-state index contributed by atoms with van der Waals surface area (Å²) in [7, 11) is 0. The van der Waals surface area contributed by atoms with Crippen LogP contribution in [0.1, 0.15) is 23.4 Å². The number of hydrogen-bond acceptors (Lipinski definition) is 9. The Kier molecular flexibility index (Phi) is 3.95. The number of carbonyl (C=O) groups is 1. The standard InChI is InChI=1S/C15H14N6O5/c22-13(9-5-25-14(23)15(24)26-9)20-8-2-1-3-21(4-8)12-10-11(17-6-16-10)18-7-19-12/h5-8H,1-4H2,(H,20,22)(H,16,17,18,19)/t8-/m1/s1. The number of imidazole rings is 1. The average Bonchev–Trinajstić information content (AvgIpc) is 3.13. The Bertz CT molecular complexity index is 1070. The molecule has 4 rings (SSSR count). The molecular formula is C15H14N6O5. The second-order valence-corrected chi connectivity index (χ2v) is 5.83. The van der Waals surface area contributed by atoms with Gasteiger partial charge >= 0.3 is 11.3 Å². The Hall–Kier alpha value is -3.50. The molecule has 2 N–H and O–H groups in total. The number of aromatic amines is 1. The summed E-state index contributed by atoms with van der Waals surface area (Å²) in [6, 6.07) is -0.193. The Morgan fingerprint density at radius 2 is 2.15 bits per heavy atom. The molecule has 0 unspecified atom stereocenters. The van der Waals surface area contributed by atoms with Crippen molar-refractivity contribution in [3.8, 4) is 0 Å². The van der Waals surface area contributed by atoms with E-state index in [9.17, 15) is 14.4 Å². The van der Waals surface area contributed by atoms with Crippen molar-refractivity contribution in [3.63, 3.8) is 0 Å². The van der Waals surface area contributed by atoms with Gasteiger partial charge in [0, 0.05) is 19.1 Å². The van der Waals surface area contributed by atoms with Gasteiger partial charge in [0.25, 0.3) is 5.91 Å². The highest BCUT2D eigenvalue weighted by atomic mass is 16.5. The van der Waals surface area contributed by atoms with Crippen LogP contribution in [0, 0.1) is 0 Å². The highest BCUT2D eigenvalue weighted by molar-refractivity contribution is 5.91. The molecule has 11 heteroatoms. The number of H-pyrrole nitrogens is 1. The van der Waals surface area contributed by atoms with Crippen LogP contribution >= 0.6 is 0 Å². The van der Waals surface area contributed by atoms with E-state index in [1.165, 1.54) is 6.33 Å². The van der Waals surface area contributed by atoms with Crippen molar-refractivity contribution < 1.29 is 13.6 Å². The molecule has 4 heterocycles. The van der Waals surface area contributed by atoms with E-state index in [1.54, 1.807) is 6.33 Å². The quantitative estimate of drug-likeness (QED) is 0.600. The van der Waals surface area contributed by atoms with Gasteiger partial charge in [0.15, 0.2) is 11.5 Å². The Morgan fingerprint density at radius 3 is 3.00 bits per heavy atom. The number of carbonyl (C=O) groups excluding carboxylic acids is 1. The molecule has 3 aromatic heterocycles. The van der Waals surface area contributed by atoms with Crippen LogP contribution in [-0.2, 0) is 0 Å². The summed E-state index contributed by atoms with van der Waals surface area (Å²) in [5, 5.41) is 2.78. The largest absolute Gasteiger partial charge is 0.423 e. The summed E-state index contributed by atoms with van der Waals surface area (Å²) in [5.74, 6) is -0.250. The molecule has 0 bridgehead atoms. The zero-order chi connectivity index (χ0) is 18.1. The van der Waals surface area contributed by atoms with Crippen LogP contribution in [0.25, 0.3) is 11.2 Å². The minimum Gasteiger partial charge on any atom is -0.422 e. The fraction of sp³-hybridized carbons (Fsp3) is 0.333. The fourth-order valence-electron chi connectivity index (χ4n) is 2.96. The topological polar surface area (TPSA) is 147 Å². The van der Waals surface area contributed by atoms with E-state index in [1.807, 2.05) is 4.90 Å². The van der Waals surface area contributed by atoms with Crippen LogP contribution in [0.4, 0.5) is 5.82 Å². The molecule has 11 nitrogen and oxygen atoms in total. The van der Waals surface area contributed by atoms with E-state index in [0.717, 1.165) is 31.2 Å². The molecule has 0 radical (unpaired) electrons. The third-order valence-corrected chi connectivity index (χ3v) is 4.13. The van der Waals surface area contributed by atoms with E-state index in [2.05, 4.69) is 34.1 Å². The Labute approximate surface area is 145 Å². The number of piperidine rings is 1. The van der Waals surface area contributed by atoms with Crippen LogP contribution in [0.5, 0.6) is 0 Å². The van der Waals surface area contributed by atoms with Crippen molar-refractivity contribution >= 4 is 22.9 Å². The monoisotopic (exact) mass is 358 g/mol. The van der Waals surface area contributed by atoms with Gasteiger partial charge in [-0.05, 0) is 12.8 Å². The maximum absolute atomic E-state index is 12.2. The maximum Gasteiger partial charge on any atom is 0.423 e. The summed E-state index contributed by atoms with van der Waals surface area (Å²) >= 11 is 0. The number of fused-ring (bicyclic) bond motifs is 1. The molecule has 1 aliphatic heterocycles. The SMILES string of the molecule is O=C(N[C@@H]1CCCN(c2ncnc3nc[nH]c23)C1)c1coc(=O)c(=O)o1. The molecule has 1 atom stereocenters. The number of hydrogen-bond donors (Lipinski definition) is 2. The van der Waals surface area contributed by atoms with Crippen molar-refractivity contribution in [2.24, 2.45) is 0 Å². The smallest absolute Gasteiger partial charge is 0.422 e. The normalized spacial score (nSPS) is 17.4. The first-order valence-corrected chi connectivity index (χ1v) is 7.94. The second-order valence-electron chi connectivity index (χ2n) is 5.83. The molecule has 0 aliphatic carbocycles. The van der Waals surface area contributed by atoms with E-state index >= 15 is 0 Å². The molecule has 1 fully saturated rings. The lowest BCUT2D eigenvalue weighted by molar-refractivity contribution is 0.0892. The predicted octanol–water partition coefficient (Wildman–Crippen LogP) is -0.342. The number of anilines is 1. The maximum atomic E-state index is 12.2. The van der Waals surface area contributed by atoms with E-state index in [-0.39, 0.29) is 11.8 Å². The van der Waals surface area contributed by atoms with Gasteiger partial charge in [-0.25, -0.2) is 24.5 Å². The summed E-state index contributed by atoms with van der Waals surface area (Å²) < 4.78 is 9.12. The lowest BCUT2D eigenvalue weighted by atomic mass is 10.1. The fourth-order valence-corrected chi connectivity index (χ4v) is 2.96. The van der Waals surface area contributed by atoms with Crippen LogP contribution in [0.3, 0.4) is 0 Å². The van der Waals surface area contributed by atoms with Crippen molar-refractivity contribution in [1.29, 1.82) is 0 Å². The van der Waals surface area contributed by atoms with Crippen LogP contribution in [-0.4, -0.2) is 45.0 Å². The summed E-state index contributed by atoms with van der Waals surface area (Å²) in [4.78, 5) is 51.9. The Morgan fingerprint density at radius 1 is 1.27 bits per heavy atom. The van der Waals surface area contributed by atoms with Gasteiger partial charge < -0.3 is 24.0 Å². The van der Waals surface area contributed by atoms with Crippen LogP contribution in [0.15, 0.2) is 37.3 Å². The van der Waals surface area contributed by atoms with Gasteiger partial charge in [-0.15, -0.1) is 0 Å². The highest BCUT2D eigenvalue weighted by Crippen LogP contribution is 2.23. The van der Waals surface area contributed by atoms with E-state index in [4.69, 9.17) is 0 Å². The average molecular weight is 358 g/mol. The van der Waals surface area contributed by atoms with Crippen LogP contribution in [0.2, 0.25) is 0 Å². The molecule has 3 aromatic rings. The zero-order valence-corrected chi connectivity index (χ0v) is 13.5. The summed E-state index contributed by atoms with van der Waals surface area (Å²) in [6.07, 6.45) is 5.41. The first-order valence-electron chi connectivity index (χ1n) is 7.94. The van der Waals surface area contributed by atoms with Gasteiger partial charge in [0.05, 0.1) is 6.33 Å². The number of rotatable bonds is 3. The van der Waals surface area contributed by atoms with Crippen LogP contribution < -0.4 is 21.5 Å². The lowest BCUT2D eigenvalue weighted by Crippen LogP contribution is -2.48. The highest BCUT2D eigenvalue weighted by Gasteiger charge is 2.25. The van der Waals surface area contributed by atoms with Crippen molar-refractivity contribution in [2.75, 3.05) is 18.0 Å². The molecule has 1 saturated heterocycles. The molecule has 0 saturated carbocycles. The van der Waals surface area contributed by atoms with Crippen molar-refractivity contribution in [2.45, 2.75) is 18.9 Å². The minimum atomic E-state index is -1.22. The molecule has 0 aromatic carbocycles. The first-order chi connectivity index (χ1) is 12.6. The van der Waals surface area contributed by atoms with E-state index in [0.29, 0.717) is 18.0 Å². The third kappa shape index (κ3) is 2.94. The third-order valence-electron chi connectivity index (χ3n) is 4.13. The summed E-state index contributed by atoms with van der Waals surface area (Å²) in [6.45, 7) is 1.28. The van der Waals surface area contributed by atoms with Gasteiger partial charge in [0.1, 0.15) is 18.1 Å². The van der Waals surface area contributed by atoms with Gasteiger partial charge in [-0.3, -0.25) is 4.79 Å². The molecule has 26 heavy (non-hydrogen) atoms. The van der Waals surface area contributed by atoms with Crippen molar-refractivity contribution in [3.05, 3.63) is 45.5 Å². The van der Waals surface area contributed by atoms with Crippen molar-refractivity contribution in [1.82, 2.24) is 25.3 Å². The molecule has 1 amide bonds. The van der Waals surface area contributed by atoms with Gasteiger partial charge in [-0.1, -0.05) is 0 Å². The van der Waals surface area contributed by atoms with Gasteiger partial charge in [0.2, 0.25) is 5.76 Å². The number of aromatic nitrogens is 4. The molecule has 1 aliphatic rings. The lowest BCUT2D eigenvalue weighted by Gasteiger charge is -2.33. The number of nitrogens with zero attached hydrogens (tertiary/aromatic N) is 4.